The van der Waals surface area contributed by atoms with Gasteiger partial charge in [0.05, 0.1) is 61.0 Å². The standard InChI is InChI=1S/C28H32F3N7O4S.C2H6/c1-6-19(15-32)10-11-20(16-38(3)13-12-35(17-38)43(5)41)24-23(25(39)42-4)18(2)36(26(33)37(24)27(34)40)22-9-7-8-21(14-22)28(29,30)31;1-2/h6-11,14,24,33H,1,12-13,16-17H2,2-5H3,(H-,34,40);1-2H3/p+1/b19-10+,20-11+,33-26?;/t24-,38?,43?;/m1./s1. The molecule has 0 aliphatic carbocycles. The minimum absolute atomic E-state index is 0.0399. The molecular formula is C30H39F3N7O4S+. The number of ether oxygens (including phenoxy) is 1. The molecule has 45 heavy (non-hydrogen) atoms. The van der Waals surface area contributed by atoms with E-state index >= 15 is 0 Å². The highest BCUT2D eigenvalue weighted by Gasteiger charge is 2.47. The Labute approximate surface area is 264 Å². The van der Waals surface area contributed by atoms with Gasteiger partial charge in [0.2, 0.25) is 5.96 Å². The fourth-order valence-electron chi connectivity index (χ4n) is 5.16. The van der Waals surface area contributed by atoms with Crippen LogP contribution in [0.1, 0.15) is 26.3 Å². The number of carbonyl (C=O) groups excluding carboxylic acids is 2. The molecule has 2 amide bonds. The van der Waals surface area contributed by atoms with Crippen LogP contribution in [0.2, 0.25) is 0 Å². The van der Waals surface area contributed by atoms with Gasteiger partial charge in [0.25, 0.3) is 0 Å². The highest BCUT2D eigenvalue weighted by atomic mass is 32.2. The van der Waals surface area contributed by atoms with E-state index in [1.54, 1.807) is 10.6 Å². The van der Waals surface area contributed by atoms with E-state index in [4.69, 9.17) is 15.9 Å². The average molecular weight is 651 g/mol. The summed E-state index contributed by atoms with van der Waals surface area (Å²) in [7, 11) is 1.74. The van der Waals surface area contributed by atoms with E-state index in [0.29, 0.717) is 25.3 Å². The number of alkyl halides is 3. The van der Waals surface area contributed by atoms with Crippen molar-refractivity contribution in [3.8, 4) is 6.07 Å². The lowest BCUT2D eigenvalue weighted by Gasteiger charge is -2.44. The van der Waals surface area contributed by atoms with Crippen molar-refractivity contribution in [1.29, 1.82) is 10.7 Å². The zero-order valence-corrected chi connectivity index (χ0v) is 27.0. The fourth-order valence-corrected chi connectivity index (χ4v) is 5.94. The van der Waals surface area contributed by atoms with Crippen LogP contribution in [0, 0.1) is 16.7 Å². The second-order valence-corrected chi connectivity index (χ2v) is 11.6. The number of halogens is 3. The summed E-state index contributed by atoms with van der Waals surface area (Å²) in [6.07, 6.45) is 1.14. The number of rotatable bonds is 8. The van der Waals surface area contributed by atoms with Gasteiger partial charge >= 0.3 is 18.2 Å². The lowest BCUT2D eigenvalue weighted by molar-refractivity contribution is -0.896. The van der Waals surface area contributed by atoms with E-state index in [9.17, 15) is 32.2 Å². The number of nitrogens with one attached hydrogen (secondary N) is 1. The van der Waals surface area contributed by atoms with Crippen LogP contribution >= 0.6 is 0 Å². The number of urea groups is 1. The van der Waals surface area contributed by atoms with Gasteiger partial charge in [-0.1, -0.05) is 38.6 Å². The lowest BCUT2D eigenvalue weighted by atomic mass is 9.91. The Balaban J connectivity index is 0.00000345. The van der Waals surface area contributed by atoms with Crippen molar-refractivity contribution in [1.82, 2.24) is 9.21 Å². The molecule has 0 radical (unpaired) electrons. The van der Waals surface area contributed by atoms with E-state index in [1.165, 1.54) is 31.2 Å². The first-order valence-electron chi connectivity index (χ1n) is 13.9. The van der Waals surface area contributed by atoms with Crippen LogP contribution in [-0.2, 0) is 26.7 Å². The van der Waals surface area contributed by atoms with Crippen LogP contribution in [-0.4, -0.2) is 88.6 Å². The Bertz CT molecular complexity index is 1500. The number of esters is 1. The summed E-state index contributed by atoms with van der Waals surface area (Å²) < 4.78 is 60.0. The molecule has 2 unspecified atom stereocenters. The Morgan fingerprint density at radius 3 is 2.44 bits per heavy atom. The summed E-state index contributed by atoms with van der Waals surface area (Å²) in [4.78, 5) is 28.2. The molecule has 2 heterocycles. The predicted octanol–water partition coefficient (Wildman–Crippen LogP) is 4.26. The summed E-state index contributed by atoms with van der Waals surface area (Å²) in [6, 6.07) is 3.61. The number of methoxy groups -OCH3 is 1. The maximum atomic E-state index is 13.6. The molecule has 0 saturated carbocycles. The molecule has 1 fully saturated rings. The molecule has 3 rings (SSSR count). The van der Waals surface area contributed by atoms with Gasteiger partial charge in [-0.2, -0.15) is 22.7 Å². The Morgan fingerprint density at radius 1 is 1.31 bits per heavy atom. The number of nitrogens with zero attached hydrogens (tertiary/aromatic N) is 5. The quantitative estimate of drug-likeness (QED) is 0.186. The van der Waals surface area contributed by atoms with Gasteiger partial charge in [-0.25, -0.2) is 13.8 Å². The number of guanidine groups is 1. The van der Waals surface area contributed by atoms with Gasteiger partial charge in [0.15, 0.2) is 0 Å². The molecule has 1 aromatic carbocycles. The smallest absolute Gasteiger partial charge is 0.416 e. The van der Waals surface area contributed by atoms with Crippen LogP contribution in [0.25, 0.3) is 0 Å². The van der Waals surface area contributed by atoms with Crippen molar-refractivity contribution in [2.75, 3.05) is 51.6 Å². The summed E-state index contributed by atoms with van der Waals surface area (Å²) in [5.41, 5.74) is 5.08. The molecule has 244 valence electrons. The van der Waals surface area contributed by atoms with Gasteiger partial charge < -0.3 is 15.0 Å². The van der Waals surface area contributed by atoms with Crippen LogP contribution < -0.4 is 10.6 Å². The number of hydrogen-bond donors (Lipinski definition) is 2. The molecule has 2 aliphatic rings. The third-order valence-corrected chi connectivity index (χ3v) is 8.29. The van der Waals surface area contributed by atoms with Gasteiger partial charge in [0.1, 0.15) is 19.3 Å². The normalized spacial score (nSPS) is 22.0. The second-order valence-electron chi connectivity index (χ2n) is 10.3. The maximum Gasteiger partial charge on any atom is 0.416 e. The van der Waals surface area contributed by atoms with Crippen molar-refractivity contribution >= 4 is 34.6 Å². The first kappa shape index (κ1) is 36.9. The summed E-state index contributed by atoms with van der Waals surface area (Å²) in [5.74, 6) is -1.50. The van der Waals surface area contributed by atoms with E-state index in [2.05, 4.69) is 6.58 Å². The fraction of sp³-hybridized carbons (Fsp3) is 0.400. The molecule has 0 spiro atoms. The molecule has 0 aromatic heterocycles. The van der Waals surface area contributed by atoms with Gasteiger partial charge in [0, 0.05) is 23.2 Å². The second kappa shape index (κ2) is 15.2. The summed E-state index contributed by atoms with van der Waals surface area (Å²) in [6.45, 7) is 10.6. The van der Waals surface area contributed by atoms with E-state index in [-0.39, 0.29) is 33.6 Å². The van der Waals surface area contributed by atoms with Crippen LogP contribution in [0.15, 0.2) is 71.5 Å². The minimum Gasteiger partial charge on any atom is -0.466 e. The number of primary amides is 1. The molecule has 15 heteroatoms. The molecule has 11 nitrogen and oxygen atoms in total. The maximum absolute atomic E-state index is 13.6. The summed E-state index contributed by atoms with van der Waals surface area (Å²) >= 11 is 0. The van der Waals surface area contributed by atoms with E-state index < -0.39 is 46.7 Å². The monoisotopic (exact) mass is 650 g/mol. The SMILES string of the molecule is C=C/C(C#N)=C\C=C(/C[N+]1(C)CCN(S(C)=O)C1)[C@@H]1C(C(=O)OC)=C(C)N(c2cccc(C(F)(F)F)c2)C(=N)N1C(N)=O.CC. The molecule has 3 atom stereocenters. The van der Waals surface area contributed by atoms with Crippen molar-refractivity contribution < 1.29 is 36.2 Å². The molecule has 2 aliphatic heterocycles. The highest BCUT2D eigenvalue weighted by Crippen LogP contribution is 2.38. The third kappa shape index (κ3) is 8.27. The Morgan fingerprint density at radius 2 is 1.96 bits per heavy atom. The van der Waals surface area contributed by atoms with Crippen molar-refractivity contribution in [3.63, 3.8) is 0 Å². The average Bonchev–Trinajstić information content (AvgIpc) is 3.39. The number of allylic oxidation sites excluding steroid dienone is 5. The first-order valence-corrected chi connectivity index (χ1v) is 15.4. The van der Waals surface area contributed by atoms with Crippen molar-refractivity contribution in [2.45, 2.75) is 33.0 Å². The molecule has 3 N–H and O–H groups in total. The molecule has 1 aromatic rings. The largest absolute Gasteiger partial charge is 0.466 e. The van der Waals surface area contributed by atoms with Crippen molar-refractivity contribution in [3.05, 3.63) is 77.1 Å². The first-order chi connectivity index (χ1) is 21.1. The summed E-state index contributed by atoms with van der Waals surface area (Å²) in [5, 5.41) is 18.4. The third-order valence-electron chi connectivity index (χ3n) is 7.26. The Kier molecular flexibility index (Phi) is 12.4. The molecule has 1 saturated heterocycles. The zero-order chi connectivity index (χ0) is 34.3. The highest BCUT2D eigenvalue weighted by molar-refractivity contribution is 7.81. The molecular weight excluding hydrogens is 611 g/mol. The lowest BCUT2D eigenvalue weighted by Crippen LogP contribution is -2.61. The molecule has 0 bridgehead atoms. The van der Waals surface area contributed by atoms with E-state index in [1.807, 2.05) is 27.0 Å². The number of benzene rings is 1. The van der Waals surface area contributed by atoms with E-state index in [0.717, 1.165) is 35.1 Å². The van der Waals surface area contributed by atoms with Crippen LogP contribution in [0.4, 0.5) is 23.7 Å². The van der Waals surface area contributed by atoms with Gasteiger partial charge in [-0.05, 0) is 31.2 Å². The van der Waals surface area contributed by atoms with Gasteiger partial charge in [-0.3, -0.25) is 15.2 Å². The van der Waals surface area contributed by atoms with Crippen LogP contribution in [0.3, 0.4) is 0 Å². The number of anilines is 1. The van der Waals surface area contributed by atoms with Gasteiger partial charge in [-0.15, -0.1) is 0 Å². The topological polar surface area (TPSA) is 144 Å². The number of carbonyl (C=O) groups is 2. The zero-order valence-electron chi connectivity index (χ0n) is 26.1. The minimum atomic E-state index is -4.70. The number of nitriles is 1. The Hall–Kier alpha value is -4.26. The predicted molar refractivity (Wildman–Crippen MR) is 166 cm³/mol. The number of hydrogen-bond acceptors (Lipinski definition) is 6. The number of amides is 2. The van der Waals surface area contributed by atoms with Crippen molar-refractivity contribution in [2.24, 2.45) is 5.73 Å². The number of nitrogens with two attached hydrogens (primary N) is 1. The number of quaternary nitrogens is 1. The van der Waals surface area contributed by atoms with Crippen LogP contribution in [0.5, 0.6) is 0 Å². The number of likely N-dealkylation sites (N-methyl/N-ethyl adjacent to an activating group) is 1.